The van der Waals surface area contributed by atoms with E-state index in [0.29, 0.717) is 4.88 Å². The lowest BCUT2D eigenvalue weighted by molar-refractivity contribution is 0.0958. The number of nitrogens with one attached hydrogen (secondary N) is 1. The number of rotatable bonds is 2. The molecule has 4 heteroatoms. The van der Waals surface area contributed by atoms with Gasteiger partial charge in [0.25, 0.3) is 5.91 Å². The first-order valence-corrected chi connectivity index (χ1v) is 6.51. The summed E-state index contributed by atoms with van der Waals surface area (Å²) in [6, 6.07) is 9.61. The van der Waals surface area contributed by atoms with Crippen LogP contribution in [0.1, 0.15) is 38.6 Å². The summed E-state index contributed by atoms with van der Waals surface area (Å²) in [4.78, 5) is 24.1. The molecule has 1 unspecified atom stereocenters. The topological polar surface area (TPSA) is 46.2 Å². The van der Waals surface area contributed by atoms with Crippen molar-refractivity contribution in [2.24, 2.45) is 0 Å². The minimum atomic E-state index is -0.0104. The first-order valence-electron chi connectivity index (χ1n) is 5.69. The number of amides is 1. The van der Waals surface area contributed by atoms with Crippen molar-refractivity contribution >= 4 is 23.5 Å². The van der Waals surface area contributed by atoms with Crippen molar-refractivity contribution < 1.29 is 9.59 Å². The second-order valence-corrected chi connectivity index (χ2v) is 5.43. The summed E-state index contributed by atoms with van der Waals surface area (Å²) in [5.41, 5.74) is 2.83. The molecule has 0 radical (unpaired) electrons. The van der Waals surface area contributed by atoms with Crippen LogP contribution in [0, 0.1) is 0 Å². The van der Waals surface area contributed by atoms with Crippen LogP contribution in [0.4, 0.5) is 0 Å². The molecule has 90 valence electrons. The number of benzene rings is 1. The average Bonchev–Trinajstić information content (AvgIpc) is 2.95. The molecule has 1 aliphatic heterocycles. The monoisotopic (exact) mass is 257 g/mol. The number of aldehydes is 1. The largest absolute Gasteiger partial charge is 0.345 e. The molecular formula is C14H11NO2S. The van der Waals surface area contributed by atoms with E-state index in [9.17, 15) is 9.59 Å². The maximum atomic E-state index is 11.6. The number of carbonyl (C=O) groups excluding carboxylic acids is 2. The third-order valence-corrected chi connectivity index (χ3v) is 4.20. The van der Waals surface area contributed by atoms with Crippen LogP contribution >= 0.6 is 11.3 Å². The highest BCUT2D eigenvalue weighted by atomic mass is 32.1. The smallest absolute Gasteiger partial charge is 0.252 e. The van der Waals surface area contributed by atoms with Gasteiger partial charge in [0.15, 0.2) is 6.29 Å². The Bertz CT molecular complexity index is 645. The van der Waals surface area contributed by atoms with Gasteiger partial charge in [-0.3, -0.25) is 9.59 Å². The number of fused-ring (bicyclic) bond motifs is 1. The second-order valence-electron chi connectivity index (χ2n) is 4.32. The van der Waals surface area contributed by atoms with Gasteiger partial charge in [-0.05, 0) is 42.3 Å². The van der Waals surface area contributed by atoms with Gasteiger partial charge in [0.1, 0.15) is 0 Å². The van der Waals surface area contributed by atoms with E-state index >= 15 is 0 Å². The predicted molar refractivity (Wildman–Crippen MR) is 71.0 cm³/mol. The summed E-state index contributed by atoms with van der Waals surface area (Å²) >= 11 is 1.46. The Hall–Kier alpha value is -1.94. The van der Waals surface area contributed by atoms with E-state index in [-0.39, 0.29) is 11.9 Å². The van der Waals surface area contributed by atoms with Gasteiger partial charge in [-0.1, -0.05) is 6.07 Å². The van der Waals surface area contributed by atoms with Crippen molar-refractivity contribution in [1.29, 1.82) is 0 Å². The van der Waals surface area contributed by atoms with Crippen LogP contribution in [0.25, 0.3) is 10.4 Å². The van der Waals surface area contributed by atoms with Crippen molar-refractivity contribution in [3.63, 3.8) is 0 Å². The molecule has 3 nitrogen and oxygen atoms in total. The van der Waals surface area contributed by atoms with E-state index in [0.717, 1.165) is 27.9 Å². The average molecular weight is 257 g/mol. The SMILES string of the molecule is CC1NC(=O)c2ccc(-c3ccc(C=O)s3)cc21. The van der Waals surface area contributed by atoms with Crippen molar-refractivity contribution in [1.82, 2.24) is 5.32 Å². The zero-order chi connectivity index (χ0) is 12.7. The molecule has 0 saturated heterocycles. The van der Waals surface area contributed by atoms with Crippen LogP contribution in [-0.2, 0) is 0 Å². The predicted octanol–water partition coefficient (Wildman–Crippen LogP) is 3.03. The van der Waals surface area contributed by atoms with E-state index in [4.69, 9.17) is 0 Å². The normalized spacial score (nSPS) is 17.4. The molecule has 0 fully saturated rings. The molecule has 1 aromatic heterocycles. The van der Waals surface area contributed by atoms with Crippen molar-refractivity contribution in [3.8, 4) is 10.4 Å². The Balaban J connectivity index is 2.07. The lowest BCUT2D eigenvalue weighted by Gasteiger charge is -2.05. The molecule has 0 bridgehead atoms. The maximum absolute atomic E-state index is 11.6. The van der Waals surface area contributed by atoms with Crippen molar-refractivity contribution in [2.45, 2.75) is 13.0 Å². The number of hydrogen-bond acceptors (Lipinski definition) is 3. The van der Waals surface area contributed by atoms with Gasteiger partial charge in [0, 0.05) is 10.4 Å². The summed E-state index contributed by atoms with van der Waals surface area (Å²) in [5, 5.41) is 2.89. The van der Waals surface area contributed by atoms with E-state index in [2.05, 4.69) is 5.32 Å². The first kappa shape index (κ1) is 11.2. The highest BCUT2D eigenvalue weighted by Gasteiger charge is 2.25. The quantitative estimate of drug-likeness (QED) is 0.840. The molecule has 1 atom stereocenters. The Kier molecular flexibility index (Phi) is 2.52. The number of thiophene rings is 1. The second kappa shape index (κ2) is 4.07. The van der Waals surface area contributed by atoms with Gasteiger partial charge >= 0.3 is 0 Å². The first-order chi connectivity index (χ1) is 8.69. The number of hydrogen-bond donors (Lipinski definition) is 1. The third kappa shape index (κ3) is 1.66. The molecule has 1 N–H and O–H groups in total. The zero-order valence-corrected chi connectivity index (χ0v) is 10.6. The fourth-order valence-electron chi connectivity index (χ4n) is 2.20. The van der Waals surface area contributed by atoms with Crippen LogP contribution in [0.15, 0.2) is 30.3 Å². The van der Waals surface area contributed by atoms with Gasteiger partial charge in [-0.2, -0.15) is 0 Å². The molecule has 0 saturated carbocycles. The Morgan fingerprint density at radius 3 is 2.83 bits per heavy atom. The summed E-state index contributed by atoms with van der Waals surface area (Å²) in [6.45, 7) is 1.97. The minimum Gasteiger partial charge on any atom is -0.345 e. The van der Waals surface area contributed by atoms with Gasteiger partial charge < -0.3 is 5.32 Å². The summed E-state index contributed by atoms with van der Waals surface area (Å²) < 4.78 is 0. The van der Waals surface area contributed by atoms with Gasteiger partial charge in [0.2, 0.25) is 0 Å². The molecule has 1 aromatic carbocycles. The van der Waals surface area contributed by atoms with E-state index < -0.39 is 0 Å². The highest BCUT2D eigenvalue weighted by Crippen LogP contribution is 2.33. The molecule has 2 heterocycles. The fourth-order valence-corrected chi connectivity index (χ4v) is 3.02. The van der Waals surface area contributed by atoms with Crippen LogP contribution in [0.2, 0.25) is 0 Å². The summed E-state index contributed by atoms with van der Waals surface area (Å²) in [7, 11) is 0. The van der Waals surface area contributed by atoms with E-state index in [1.54, 1.807) is 0 Å². The van der Waals surface area contributed by atoms with Gasteiger partial charge in [-0.15, -0.1) is 11.3 Å². The molecule has 0 spiro atoms. The Morgan fingerprint density at radius 1 is 1.28 bits per heavy atom. The molecule has 1 amide bonds. The number of carbonyl (C=O) groups is 2. The fraction of sp³-hybridized carbons (Fsp3) is 0.143. The summed E-state index contributed by atoms with van der Waals surface area (Å²) in [6.07, 6.45) is 0.856. The van der Waals surface area contributed by atoms with Crippen molar-refractivity contribution in [2.75, 3.05) is 0 Å². The van der Waals surface area contributed by atoms with Crippen LogP contribution in [0.3, 0.4) is 0 Å². The van der Waals surface area contributed by atoms with Crippen LogP contribution < -0.4 is 5.32 Å². The summed E-state index contributed by atoms with van der Waals surface area (Å²) in [5.74, 6) is -0.0104. The molecule has 18 heavy (non-hydrogen) atoms. The molecule has 0 aliphatic carbocycles. The Labute approximate surface area is 108 Å². The highest BCUT2D eigenvalue weighted by molar-refractivity contribution is 7.17. The Morgan fingerprint density at radius 2 is 2.11 bits per heavy atom. The molecule has 1 aliphatic rings. The van der Waals surface area contributed by atoms with E-state index in [1.165, 1.54) is 11.3 Å². The molecule has 2 aromatic rings. The van der Waals surface area contributed by atoms with Gasteiger partial charge in [0.05, 0.1) is 10.9 Å². The maximum Gasteiger partial charge on any atom is 0.252 e. The molecule has 3 rings (SSSR count). The van der Waals surface area contributed by atoms with Crippen LogP contribution in [-0.4, -0.2) is 12.2 Å². The lowest BCUT2D eigenvalue weighted by Crippen LogP contribution is -2.16. The standard InChI is InChI=1S/C14H11NO2S/c1-8-12-6-9(2-4-11(12)14(17)15-8)13-5-3-10(7-16)18-13/h2-8H,1H3,(H,15,17). The zero-order valence-electron chi connectivity index (χ0n) is 9.77. The molecular weight excluding hydrogens is 246 g/mol. The van der Waals surface area contributed by atoms with E-state index in [1.807, 2.05) is 37.3 Å². The van der Waals surface area contributed by atoms with Crippen molar-refractivity contribution in [3.05, 3.63) is 46.3 Å². The third-order valence-electron chi connectivity index (χ3n) is 3.14. The lowest BCUT2D eigenvalue weighted by atomic mass is 10.0. The van der Waals surface area contributed by atoms with Gasteiger partial charge in [-0.25, -0.2) is 0 Å². The minimum absolute atomic E-state index is 0.0104. The van der Waals surface area contributed by atoms with Crippen LogP contribution in [0.5, 0.6) is 0 Å².